The highest BCUT2D eigenvalue weighted by molar-refractivity contribution is 14.0. The maximum Gasteiger partial charge on any atom is 0.407 e. The molecule has 0 aromatic rings. The van der Waals surface area contributed by atoms with Gasteiger partial charge in [-0.3, -0.25) is 9.89 Å². The Morgan fingerprint density at radius 2 is 1.90 bits per heavy atom. The molecule has 0 radical (unpaired) electrons. The van der Waals surface area contributed by atoms with Crippen LogP contribution in [-0.4, -0.2) is 74.0 Å². The molecule has 1 rings (SSSR count). The number of ether oxygens (including phenoxy) is 1. The first kappa shape index (κ1) is 28.0. The lowest BCUT2D eigenvalue weighted by Gasteiger charge is -2.27. The molecule has 1 heterocycles. The van der Waals surface area contributed by atoms with E-state index in [1.165, 1.54) is 4.90 Å². The molecule has 11 heteroatoms. The number of aliphatic imine (C=N–C) groups is 1. The number of alkyl carbamates (subject to hydrolysis) is 1. The smallest absolute Gasteiger partial charge is 0.407 e. The lowest BCUT2D eigenvalue weighted by molar-refractivity contribution is -0.143. The minimum atomic E-state index is -4.19. The van der Waals surface area contributed by atoms with E-state index in [0.29, 0.717) is 32.0 Å². The molecule has 0 aromatic heterocycles. The first-order chi connectivity index (χ1) is 12.8. The Morgan fingerprint density at radius 1 is 1.28 bits per heavy atom. The molecule has 1 fully saturated rings. The predicted octanol–water partition coefficient (Wildman–Crippen LogP) is 2.96. The fraction of sp³-hybridized carbons (Fsp3) is 0.889. The molecule has 2 unspecified atom stereocenters. The van der Waals surface area contributed by atoms with Crippen LogP contribution in [0.1, 0.15) is 41.0 Å². The average Bonchev–Trinajstić information content (AvgIpc) is 2.92. The fourth-order valence-electron chi connectivity index (χ4n) is 2.85. The molecule has 1 aliphatic rings. The topological polar surface area (TPSA) is 78.0 Å². The molecular weight excluding hydrogens is 502 g/mol. The van der Waals surface area contributed by atoms with Crippen molar-refractivity contribution in [2.75, 3.05) is 33.2 Å². The molecule has 29 heavy (non-hydrogen) atoms. The number of rotatable bonds is 6. The summed E-state index contributed by atoms with van der Waals surface area (Å²) in [6, 6.07) is -0.302. The lowest BCUT2D eigenvalue weighted by Crippen LogP contribution is -2.52. The van der Waals surface area contributed by atoms with Crippen molar-refractivity contribution in [1.29, 1.82) is 0 Å². The van der Waals surface area contributed by atoms with Gasteiger partial charge in [-0.15, -0.1) is 24.0 Å². The third-order valence-corrected chi connectivity index (χ3v) is 4.24. The van der Waals surface area contributed by atoms with Crippen LogP contribution in [0, 0.1) is 5.92 Å². The van der Waals surface area contributed by atoms with Crippen molar-refractivity contribution in [3.8, 4) is 0 Å². The van der Waals surface area contributed by atoms with Crippen molar-refractivity contribution >= 4 is 36.0 Å². The van der Waals surface area contributed by atoms with Gasteiger partial charge in [-0.05, 0) is 33.1 Å². The third kappa shape index (κ3) is 12.3. The number of carbonyl (C=O) groups excluding carboxylic acids is 1. The van der Waals surface area contributed by atoms with Crippen molar-refractivity contribution in [2.45, 2.75) is 64.9 Å². The van der Waals surface area contributed by atoms with E-state index >= 15 is 0 Å². The monoisotopic (exact) mass is 537 g/mol. The number of nitrogens with one attached hydrogen (secondary N) is 3. The minimum absolute atomic E-state index is 0. The maximum atomic E-state index is 12.5. The molecular formula is C18H35F3IN5O2. The van der Waals surface area contributed by atoms with E-state index in [1.54, 1.807) is 27.8 Å². The van der Waals surface area contributed by atoms with E-state index in [4.69, 9.17) is 4.74 Å². The molecule has 0 spiro atoms. The number of hydrogen-bond donors (Lipinski definition) is 3. The number of carbonyl (C=O) groups is 1. The van der Waals surface area contributed by atoms with E-state index in [1.807, 2.05) is 13.8 Å². The Bertz CT molecular complexity index is 539. The van der Waals surface area contributed by atoms with E-state index in [-0.39, 0.29) is 42.0 Å². The van der Waals surface area contributed by atoms with Crippen molar-refractivity contribution in [2.24, 2.45) is 10.9 Å². The van der Waals surface area contributed by atoms with E-state index in [0.717, 1.165) is 0 Å². The van der Waals surface area contributed by atoms with Crippen molar-refractivity contribution in [3.63, 3.8) is 0 Å². The quantitative estimate of drug-likeness (QED) is 0.276. The Hall–Kier alpha value is -0.980. The van der Waals surface area contributed by atoms with Crippen LogP contribution in [0.4, 0.5) is 18.0 Å². The van der Waals surface area contributed by atoms with Crippen LogP contribution in [-0.2, 0) is 4.74 Å². The van der Waals surface area contributed by atoms with E-state index in [2.05, 4.69) is 20.9 Å². The summed E-state index contributed by atoms with van der Waals surface area (Å²) in [6.07, 6.45) is -4.07. The van der Waals surface area contributed by atoms with Crippen molar-refractivity contribution in [1.82, 2.24) is 20.9 Å². The number of likely N-dealkylation sites (tertiary alicyclic amines) is 1. The zero-order valence-electron chi connectivity index (χ0n) is 18.0. The summed E-state index contributed by atoms with van der Waals surface area (Å²) in [4.78, 5) is 17.5. The van der Waals surface area contributed by atoms with Gasteiger partial charge >= 0.3 is 12.3 Å². The van der Waals surface area contributed by atoms with Crippen LogP contribution in [0.2, 0.25) is 0 Å². The number of alkyl halides is 3. The van der Waals surface area contributed by atoms with Gasteiger partial charge in [0, 0.05) is 32.7 Å². The lowest BCUT2D eigenvalue weighted by atomic mass is 10.0. The highest BCUT2D eigenvalue weighted by Crippen LogP contribution is 2.19. The molecule has 0 saturated carbocycles. The zero-order valence-corrected chi connectivity index (χ0v) is 20.4. The molecule has 0 bridgehead atoms. The summed E-state index contributed by atoms with van der Waals surface area (Å²) in [6.45, 7) is 9.56. The first-order valence-corrected chi connectivity index (χ1v) is 9.55. The SMILES string of the molecule is CN=C(NCC(NC(=O)OC(C)(C)C)C(C)C)NC1CCN(CC(F)(F)F)C1.I. The average molecular weight is 537 g/mol. The van der Waals surface area contributed by atoms with Gasteiger partial charge in [-0.2, -0.15) is 13.2 Å². The van der Waals surface area contributed by atoms with Crippen LogP contribution < -0.4 is 16.0 Å². The van der Waals surface area contributed by atoms with Crippen molar-refractivity contribution < 1.29 is 22.7 Å². The molecule has 1 amide bonds. The summed E-state index contributed by atoms with van der Waals surface area (Å²) >= 11 is 0. The normalized spacial score (nSPS) is 19.5. The standard InChI is InChI=1S/C18H34F3N5O2.HI/c1-12(2)14(25-16(27)28-17(3,4)5)9-23-15(22-6)24-13-7-8-26(10-13)11-18(19,20)21;/h12-14H,7-11H2,1-6H3,(H,25,27)(H2,22,23,24);1H. The Balaban J connectivity index is 0.00000784. The number of hydrogen-bond acceptors (Lipinski definition) is 4. The van der Waals surface area contributed by atoms with Crippen LogP contribution in [0.5, 0.6) is 0 Å². The van der Waals surface area contributed by atoms with Crippen molar-refractivity contribution in [3.05, 3.63) is 0 Å². The van der Waals surface area contributed by atoms with Crippen LogP contribution in [0.3, 0.4) is 0 Å². The molecule has 0 aromatic carbocycles. The Kier molecular flexibility index (Phi) is 11.6. The van der Waals surface area contributed by atoms with Gasteiger partial charge in [0.05, 0.1) is 12.6 Å². The maximum absolute atomic E-state index is 12.5. The molecule has 0 aliphatic carbocycles. The summed E-state index contributed by atoms with van der Waals surface area (Å²) in [5.41, 5.74) is -0.582. The van der Waals surface area contributed by atoms with Crippen LogP contribution >= 0.6 is 24.0 Å². The third-order valence-electron chi connectivity index (χ3n) is 4.24. The second kappa shape index (κ2) is 12.0. The Labute approximate surface area is 188 Å². The second-order valence-corrected chi connectivity index (χ2v) is 8.43. The number of guanidine groups is 1. The van der Waals surface area contributed by atoms with E-state index in [9.17, 15) is 18.0 Å². The van der Waals surface area contributed by atoms with Gasteiger partial charge in [0.2, 0.25) is 0 Å². The number of nitrogens with zero attached hydrogens (tertiary/aromatic N) is 2. The summed E-state index contributed by atoms with van der Waals surface area (Å²) in [5.74, 6) is 0.641. The molecule has 1 saturated heterocycles. The predicted molar refractivity (Wildman–Crippen MR) is 119 cm³/mol. The highest BCUT2D eigenvalue weighted by atomic mass is 127. The molecule has 7 nitrogen and oxygen atoms in total. The van der Waals surface area contributed by atoms with Gasteiger partial charge in [-0.1, -0.05) is 13.8 Å². The molecule has 1 aliphatic heterocycles. The largest absolute Gasteiger partial charge is 0.444 e. The Morgan fingerprint density at radius 3 is 2.38 bits per heavy atom. The minimum Gasteiger partial charge on any atom is -0.444 e. The number of amides is 1. The first-order valence-electron chi connectivity index (χ1n) is 9.55. The number of halogens is 4. The van der Waals surface area contributed by atoms with Crippen LogP contribution in [0.15, 0.2) is 4.99 Å². The van der Waals surface area contributed by atoms with Crippen LogP contribution in [0.25, 0.3) is 0 Å². The fourth-order valence-corrected chi connectivity index (χ4v) is 2.85. The van der Waals surface area contributed by atoms with Gasteiger partial charge < -0.3 is 20.7 Å². The van der Waals surface area contributed by atoms with Gasteiger partial charge in [0.25, 0.3) is 0 Å². The molecule has 3 N–H and O–H groups in total. The summed E-state index contributed by atoms with van der Waals surface area (Å²) in [7, 11) is 1.60. The molecule has 172 valence electrons. The van der Waals surface area contributed by atoms with E-state index < -0.39 is 24.4 Å². The van der Waals surface area contributed by atoms with Gasteiger partial charge in [0.1, 0.15) is 5.60 Å². The molecule has 2 atom stereocenters. The second-order valence-electron chi connectivity index (χ2n) is 8.43. The summed E-state index contributed by atoms with van der Waals surface area (Å²) in [5, 5.41) is 9.13. The van der Waals surface area contributed by atoms with Gasteiger partial charge in [-0.25, -0.2) is 4.79 Å². The highest BCUT2D eigenvalue weighted by Gasteiger charge is 2.34. The summed E-state index contributed by atoms with van der Waals surface area (Å²) < 4.78 is 42.8. The van der Waals surface area contributed by atoms with Gasteiger partial charge in [0.15, 0.2) is 5.96 Å². The zero-order chi connectivity index (χ0) is 21.5.